The average Bonchev–Trinajstić information content (AvgIpc) is 3.55. The van der Waals surface area contributed by atoms with Gasteiger partial charge in [0.05, 0.1) is 19.2 Å². The zero-order chi connectivity index (χ0) is 30.1. The van der Waals surface area contributed by atoms with Gasteiger partial charge in [-0.05, 0) is 42.0 Å². The summed E-state index contributed by atoms with van der Waals surface area (Å²) in [5, 5.41) is 14.6. The molecule has 3 atom stereocenters. The second kappa shape index (κ2) is 11.7. The van der Waals surface area contributed by atoms with Crippen molar-refractivity contribution in [1.29, 1.82) is 0 Å². The van der Waals surface area contributed by atoms with Crippen molar-refractivity contribution < 1.29 is 45.8 Å². The van der Waals surface area contributed by atoms with Crippen LogP contribution in [0.4, 0.5) is 31.5 Å². The highest BCUT2D eigenvalue weighted by Gasteiger charge is 2.48. The van der Waals surface area contributed by atoms with E-state index >= 15 is 0 Å². The predicted molar refractivity (Wildman–Crippen MR) is 138 cm³/mol. The van der Waals surface area contributed by atoms with Crippen LogP contribution in [0.2, 0.25) is 0 Å². The first kappa shape index (κ1) is 29.5. The molecule has 0 radical (unpaired) electrons. The van der Waals surface area contributed by atoms with Crippen LogP contribution in [0.15, 0.2) is 52.9 Å². The number of carbonyl (C=O) groups excluding carboxylic acids is 2. The Morgan fingerprint density at radius 2 is 1.90 bits per heavy atom. The molecule has 5 rings (SSSR count). The third-order valence-electron chi connectivity index (χ3n) is 7.68. The number of halogens is 5. The molecule has 2 aromatic carbocycles. The largest absolute Gasteiger partial charge is 0.445 e. The first-order valence-corrected chi connectivity index (χ1v) is 13.4. The van der Waals surface area contributed by atoms with Gasteiger partial charge in [0.1, 0.15) is 24.2 Å². The molecule has 2 fully saturated rings. The molecule has 2 heterocycles. The molecular formula is C28H29F5N4O5. The van der Waals surface area contributed by atoms with Crippen molar-refractivity contribution in [2.45, 2.75) is 62.5 Å². The SMILES string of the molecule is O=C(N[C@H](c1nc2cc([C@@H](CO)N3C[C@@H](C(F)(F)F)NC3=O)ccc2o1)C1CCC(F)(F)CC1)OCc1ccccc1. The van der Waals surface area contributed by atoms with Crippen LogP contribution < -0.4 is 10.6 Å². The maximum atomic E-state index is 13.9. The van der Waals surface area contributed by atoms with Gasteiger partial charge < -0.3 is 29.8 Å². The van der Waals surface area contributed by atoms with Gasteiger partial charge in [-0.25, -0.2) is 23.4 Å². The number of hydrogen-bond acceptors (Lipinski definition) is 6. The van der Waals surface area contributed by atoms with Crippen molar-refractivity contribution >= 4 is 23.2 Å². The number of carbonyl (C=O) groups is 2. The summed E-state index contributed by atoms with van der Waals surface area (Å²) < 4.78 is 78.6. The lowest BCUT2D eigenvalue weighted by molar-refractivity contribution is -0.150. The fourth-order valence-corrected chi connectivity index (χ4v) is 5.37. The summed E-state index contributed by atoms with van der Waals surface area (Å²) in [6, 6.07) is 8.37. The standard InChI is InChI=1S/C28H29F5N4O5/c29-27(30)10-8-17(9-11-27)23(36-26(40)41-15-16-4-2-1-3-5-16)24-34-19-12-18(6-7-21(19)42-24)20(14-38)37-13-22(28(31,32)33)35-25(37)39/h1-7,12,17,20,22-23,38H,8-11,13-15H2,(H,35,39)(H,36,40)/t20-,22+,23+/m1/s1. The molecule has 0 bridgehead atoms. The number of benzene rings is 2. The van der Waals surface area contributed by atoms with E-state index in [-0.39, 0.29) is 49.3 Å². The van der Waals surface area contributed by atoms with E-state index < -0.39 is 61.4 Å². The number of rotatable bonds is 8. The molecule has 0 unspecified atom stereocenters. The summed E-state index contributed by atoms with van der Waals surface area (Å²) in [6.07, 6.45) is -5.98. The van der Waals surface area contributed by atoms with E-state index in [4.69, 9.17) is 9.15 Å². The molecule has 226 valence electrons. The third kappa shape index (κ3) is 6.58. The number of nitrogens with one attached hydrogen (secondary N) is 2. The Labute approximate surface area is 237 Å². The number of alkyl carbamates (subject to hydrolysis) is 1. The van der Waals surface area contributed by atoms with Crippen LogP contribution in [-0.2, 0) is 11.3 Å². The Kier molecular flexibility index (Phi) is 8.26. The van der Waals surface area contributed by atoms with Gasteiger partial charge in [-0.15, -0.1) is 0 Å². The van der Waals surface area contributed by atoms with Crippen LogP contribution in [0.3, 0.4) is 0 Å². The molecule has 1 saturated carbocycles. The lowest BCUT2D eigenvalue weighted by atomic mass is 9.82. The van der Waals surface area contributed by atoms with E-state index in [2.05, 4.69) is 10.3 Å². The molecule has 1 saturated heterocycles. The van der Waals surface area contributed by atoms with Gasteiger partial charge >= 0.3 is 18.3 Å². The number of alkyl halides is 5. The Hall–Kier alpha value is -3.94. The van der Waals surface area contributed by atoms with Crippen LogP contribution in [0.5, 0.6) is 0 Å². The number of aromatic nitrogens is 1. The number of aliphatic hydroxyl groups excluding tert-OH is 1. The molecule has 1 aliphatic heterocycles. The number of oxazole rings is 1. The van der Waals surface area contributed by atoms with Crippen molar-refractivity contribution in [3.05, 3.63) is 65.5 Å². The maximum Gasteiger partial charge on any atom is 0.410 e. The Morgan fingerprint density at radius 3 is 2.55 bits per heavy atom. The van der Waals surface area contributed by atoms with Crippen molar-refractivity contribution in [2.24, 2.45) is 5.92 Å². The number of aliphatic hydroxyl groups is 1. The van der Waals surface area contributed by atoms with Crippen molar-refractivity contribution in [3.8, 4) is 0 Å². The minimum atomic E-state index is -4.65. The van der Waals surface area contributed by atoms with Gasteiger partial charge in [-0.3, -0.25) is 0 Å². The highest BCUT2D eigenvalue weighted by molar-refractivity contribution is 5.78. The highest BCUT2D eigenvalue weighted by Crippen LogP contribution is 2.42. The van der Waals surface area contributed by atoms with E-state index in [0.717, 1.165) is 10.5 Å². The van der Waals surface area contributed by atoms with E-state index in [1.807, 2.05) is 11.4 Å². The van der Waals surface area contributed by atoms with Gasteiger partial charge in [0.25, 0.3) is 0 Å². The predicted octanol–water partition coefficient (Wildman–Crippen LogP) is 5.61. The van der Waals surface area contributed by atoms with Gasteiger partial charge in [0.15, 0.2) is 5.58 Å². The van der Waals surface area contributed by atoms with Crippen molar-refractivity contribution in [3.63, 3.8) is 0 Å². The fourth-order valence-electron chi connectivity index (χ4n) is 5.37. The summed E-state index contributed by atoms with van der Waals surface area (Å²) in [5.41, 5.74) is 1.57. The Balaban J connectivity index is 1.38. The third-order valence-corrected chi connectivity index (χ3v) is 7.68. The Bertz CT molecular complexity index is 1410. The number of nitrogens with zero attached hydrogens (tertiary/aromatic N) is 2. The van der Waals surface area contributed by atoms with Crippen LogP contribution in [0.1, 0.15) is 54.8 Å². The molecule has 9 nitrogen and oxygen atoms in total. The molecule has 14 heteroatoms. The summed E-state index contributed by atoms with van der Waals surface area (Å²) in [6.45, 7) is -1.35. The Morgan fingerprint density at radius 1 is 1.19 bits per heavy atom. The molecule has 1 aromatic heterocycles. The first-order chi connectivity index (χ1) is 19.9. The minimum absolute atomic E-state index is 0.0130. The zero-order valence-electron chi connectivity index (χ0n) is 22.2. The summed E-state index contributed by atoms with van der Waals surface area (Å²) >= 11 is 0. The summed E-state index contributed by atoms with van der Waals surface area (Å²) in [4.78, 5) is 30.4. The van der Waals surface area contributed by atoms with Crippen LogP contribution in [-0.4, -0.2) is 58.4 Å². The maximum absolute atomic E-state index is 13.9. The summed E-state index contributed by atoms with van der Waals surface area (Å²) in [7, 11) is 0. The quantitative estimate of drug-likeness (QED) is 0.291. The summed E-state index contributed by atoms with van der Waals surface area (Å²) in [5.74, 6) is -3.19. The van der Waals surface area contributed by atoms with Crippen LogP contribution >= 0.6 is 0 Å². The lowest BCUT2D eigenvalue weighted by Gasteiger charge is -2.32. The van der Waals surface area contributed by atoms with E-state index in [0.29, 0.717) is 5.56 Å². The van der Waals surface area contributed by atoms with Crippen molar-refractivity contribution in [1.82, 2.24) is 20.5 Å². The number of amides is 3. The van der Waals surface area contributed by atoms with Gasteiger partial charge in [0.2, 0.25) is 11.8 Å². The molecule has 3 aromatic rings. The number of hydrogen-bond donors (Lipinski definition) is 3. The van der Waals surface area contributed by atoms with Crippen molar-refractivity contribution in [2.75, 3.05) is 13.2 Å². The number of urea groups is 1. The molecule has 1 aliphatic carbocycles. The van der Waals surface area contributed by atoms with Gasteiger partial charge in [-0.2, -0.15) is 13.2 Å². The second-order valence-electron chi connectivity index (χ2n) is 10.6. The van der Waals surface area contributed by atoms with Crippen LogP contribution in [0, 0.1) is 5.92 Å². The minimum Gasteiger partial charge on any atom is -0.445 e. The molecule has 0 spiro atoms. The number of ether oxygens (including phenoxy) is 1. The molecule has 2 aliphatic rings. The normalized spacial score (nSPS) is 20.8. The topological polar surface area (TPSA) is 117 Å². The monoisotopic (exact) mass is 596 g/mol. The van der Waals surface area contributed by atoms with Gasteiger partial charge in [-0.1, -0.05) is 36.4 Å². The molecule has 3 amide bonds. The van der Waals surface area contributed by atoms with E-state index in [1.165, 1.54) is 18.2 Å². The van der Waals surface area contributed by atoms with Crippen LogP contribution in [0.25, 0.3) is 11.1 Å². The molecule has 42 heavy (non-hydrogen) atoms. The van der Waals surface area contributed by atoms with Gasteiger partial charge in [0, 0.05) is 12.8 Å². The number of fused-ring (bicyclic) bond motifs is 1. The lowest BCUT2D eigenvalue weighted by Crippen LogP contribution is -2.40. The first-order valence-electron chi connectivity index (χ1n) is 13.4. The highest BCUT2D eigenvalue weighted by atomic mass is 19.4. The molecular weight excluding hydrogens is 567 g/mol. The van der Waals surface area contributed by atoms with E-state index in [1.54, 1.807) is 24.3 Å². The zero-order valence-corrected chi connectivity index (χ0v) is 22.2. The average molecular weight is 597 g/mol. The fraction of sp³-hybridized carbons (Fsp3) is 0.464. The van der Waals surface area contributed by atoms with E-state index in [9.17, 15) is 36.6 Å². The smallest absolute Gasteiger partial charge is 0.410 e. The second-order valence-corrected chi connectivity index (χ2v) is 10.6. The molecule has 3 N–H and O–H groups in total.